The van der Waals surface area contributed by atoms with E-state index in [0.717, 1.165) is 6.42 Å². The molecular formula is C11H19NO4S. The van der Waals surface area contributed by atoms with E-state index in [-0.39, 0.29) is 5.91 Å². The predicted octanol–water partition coefficient (Wildman–Crippen LogP) is 0.372. The van der Waals surface area contributed by atoms with E-state index in [0.29, 0.717) is 30.9 Å². The minimum Gasteiger partial charge on any atom is -0.481 e. The van der Waals surface area contributed by atoms with Crippen LogP contribution in [0.4, 0.5) is 0 Å². The van der Waals surface area contributed by atoms with Gasteiger partial charge in [0.25, 0.3) is 0 Å². The second-order valence-corrected chi connectivity index (χ2v) is 6.07. The summed E-state index contributed by atoms with van der Waals surface area (Å²) in [6.07, 6.45) is 2.00. The van der Waals surface area contributed by atoms with E-state index in [4.69, 9.17) is 5.11 Å². The maximum Gasteiger partial charge on any atom is 0.307 e. The normalized spacial score (nSPS) is 25.5. The maximum atomic E-state index is 11.8. The minimum atomic E-state index is -0.893. The molecule has 17 heavy (non-hydrogen) atoms. The summed E-state index contributed by atoms with van der Waals surface area (Å²) in [7, 11) is -0.893. The van der Waals surface area contributed by atoms with Gasteiger partial charge in [0.2, 0.25) is 5.91 Å². The largest absolute Gasteiger partial charge is 0.481 e. The van der Waals surface area contributed by atoms with Crippen molar-refractivity contribution in [2.45, 2.75) is 26.2 Å². The summed E-state index contributed by atoms with van der Waals surface area (Å²) in [6, 6.07) is 0. The lowest BCUT2D eigenvalue weighted by Crippen LogP contribution is -2.37. The van der Waals surface area contributed by atoms with E-state index in [1.54, 1.807) is 0 Å². The van der Waals surface area contributed by atoms with Crippen LogP contribution in [-0.4, -0.2) is 39.2 Å². The minimum absolute atomic E-state index is 0.206. The molecule has 98 valence electrons. The Kier molecular flexibility index (Phi) is 5.61. The average Bonchev–Trinajstić information content (AvgIpc) is 2.77. The number of aliphatic carboxylic acids is 1. The van der Waals surface area contributed by atoms with Crippen LogP contribution in [0, 0.1) is 11.8 Å². The van der Waals surface area contributed by atoms with E-state index < -0.39 is 28.6 Å². The van der Waals surface area contributed by atoms with Crippen molar-refractivity contribution in [3.8, 4) is 0 Å². The van der Waals surface area contributed by atoms with Gasteiger partial charge in [-0.1, -0.05) is 13.3 Å². The van der Waals surface area contributed by atoms with E-state index in [1.165, 1.54) is 0 Å². The molecule has 1 aliphatic carbocycles. The van der Waals surface area contributed by atoms with E-state index in [2.05, 4.69) is 5.32 Å². The van der Waals surface area contributed by atoms with Gasteiger partial charge in [0, 0.05) is 28.9 Å². The lowest BCUT2D eigenvalue weighted by Gasteiger charge is -2.15. The number of carbonyl (C=O) groups excluding carboxylic acids is 1. The molecule has 1 fully saturated rings. The fraction of sp³-hybridized carbons (Fsp3) is 0.818. The lowest BCUT2D eigenvalue weighted by molar-refractivity contribution is -0.146. The van der Waals surface area contributed by atoms with Crippen LogP contribution in [0.25, 0.3) is 0 Å². The van der Waals surface area contributed by atoms with Crippen molar-refractivity contribution in [3.63, 3.8) is 0 Å². The molecule has 0 spiro atoms. The number of nitrogens with one attached hydrogen (secondary N) is 1. The molecule has 0 aromatic carbocycles. The first-order valence-electron chi connectivity index (χ1n) is 5.91. The van der Waals surface area contributed by atoms with Crippen molar-refractivity contribution < 1.29 is 18.9 Å². The van der Waals surface area contributed by atoms with Gasteiger partial charge in [-0.2, -0.15) is 0 Å². The maximum absolute atomic E-state index is 11.8. The number of carboxylic acid groups (broad SMARTS) is 1. The number of hydrogen-bond acceptors (Lipinski definition) is 3. The van der Waals surface area contributed by atoms with Crippen LogP contribution in [0.15, 0.2) is 0 Å². The SMILES string of the molecule is CCS(=O)CCNC(=O)[C@@H]1CCC[C@@H]1C(=O)O. The molecule has 3 atom stereocenters. The highest BCUT2D eigenvalue weighted by Gasteiger charge is 2.37. The molecule has 6 heteroatoms. The van der Waals surface area contributed by atoms with Crippen molar-refractivity contribution in [2.24, 2.45) is 11.8 Å². The third-order valence-electron chi connectivity index (χ3n) is 3.12. The van der Waals surface area contributed by atoms with Crippen molar-refractivity contribution in [2.75, 3.05) is 18.1 Å². The smallest absolute Gasteiger partial charge is 0.307 e. The summed E-state index contributed by atoms with van der Waals surface area (Å²) in [5.74, 6) is -1.04. The Balaban J connectivity index is 2.37. The molecule has 0 radical (unpaired) electrons. The van der Waals surface area contributed by atoms with Gasteiger partial charge in [-0.3, -0.25) is 13.8 Å². The zero-order valence-electron chi connectivity index (χ0n) is 9.98. The molecule has 0 bridgehead atoms. The van der Waals surface area contributed by atoms with Crippen LogP contribution in [-0.2, 0) is 20.4 Å². The van der Waals surface area contributed by atoms with Gasteiger partial charge >= 0.3 is 5.97 Å². The number of hydrogen-bond donors (Lipinski definition) is 2. The highest BCUT2D eigenvalue weighted by atomic mass is 32.2. The van der Waals surface area contributed by atoms with Crippen molar-refractivity contribution in [1.82, 2.24) is 5.32 Å². The monoisotopic (exact) mass is 261 g/mol. The van der Waals surface area contributed by atoms with Gasteiger partial charge in [0.05, 0.1) is 11.8 Å². The van der Waals surface area contributed by atoms with Gasteiger partial charge in [-0.15, -0.1) is 0 Å². The highest BCUT2D eigenvalue weighted by molar-refractivity contribution is 7.84. The first kappa shape index (κ1) is 14.2. The quantitative estimate of drug-likeness (QED) is 0.723. The average molecular weight is 261 g/mol. The van der Waals surface area contributed by atoms with E-state index in [1.807, 2.05) is 6.92 Å². The summed E-state index contributed by atoms with van der Waals surface area (Å²) in [4.78, 5) is 22.7. The third-order valence-corrected chi connectivity index (χ3v) is 4.42. The van der Waals surface area contributed by atoms with E-state index in [9.17, 15) is 13.8 Å². The molecule has 1 rings (SSSR count). The van der Waals surface area contributed by atoms with Gasteiger partial charge in [-0.25, -0.2) is 0 Å². The molecule has 0 heterocycles. The molecule has 5 nitrogen and oxygen atoms in total. The Bertz CT molecular complexity index is 319. The lowest BCUT2D eigenvalue weighted by atomic mass is 9.95. The zero-order valence-corrected chi connectivity index (χ0v) is 10.8. The summed E-state index contributed by atoms with van der Waals surface area (Å²) in [5, 5.41) is 11.6. The molecule has 1 amide bonds. The number of rotatable bonds is 6. The zero-order chi connectivity index (χ0) is 12.8. The highest BCUT2D eigenvalue weighted by Crippen LogP contribution is 2.31. The second kappa shape index (κ2) is 6.74. The Hall–Kier alpha value is -0.910. The van der Waals surface area contributed by atoms with Crippen LogP contribution in [0.1, 0.15) is 26.2 Å². The van der Waals surface area contributed by atoms with Crippen LogP contribution in [0.5, 0.6) is 0 Å². The fourth-order valence-electron chi connectivity index (χ4n) is 2.13. The molecule has 0 aromatic heterocycles. The van der Waals surface area contributed by atoms with E-state index >= 15 is 0 Å². The molecular weight excluding hydrogens is 242 g/mol. The van der Waals surface area contributed by atoms with Crippen molar-refractivity contribution >= 4 is 22.7 Å². The first-order chi connectivity index (χ1) is 8.06. The molecule has 1 unspecified atom stereocenters. The Labute approximate surface area is 103 Å². The van der Waals surface area contributed by atoms with Gasteiger partial charge < -0.3 is 10.4 Å². The van der Waals surface area contributed by atoms with Gasteiger partial charge in [0.15, 0.2) is 0 Å². The summed E-state index contributed by atoms with van der Waals surface area (Å²) in [5.41, 5.74) is 0. The molecule has 1 aliphatic rings. The standard InChI is InChI=1S/C11H19NO4S/c1-2-17(16)7-6-12-10(13)8-4-3-5-9(8)11(14)15/h8-9H,2-7H2,1H3,(H,12,13)(H,14,15)/t8-,9+,17?/m1/s1. The molecule has 0 aliphatic heterocycles. The second-order valence-electron chi connectivity index (χ2n) is 4.21. The summed E-state index contributed by atoms with van der Waals surface area (Å²) >= 11 is 0. The fourth-order valence-corrected chi connectivity index (χ4v) is 2.75. The van der Waals surface area contributed by atoms with Crippen LogP contribution in [0.2, 0.25) is 0 Å². The van der Waals surface area contributed by atoms with Crippen LogP contribution in [0.3, 0.4) is 0 Å². The number of carbonyl (C=O) groups is 2. The van der Waals surface area contributed by atoms with Gasteiger partial charge in [-0.05, 0) is 12.8 Å². The van der Waals surface area contributed by atoms with Crippen molar-refractivity contribution in [3.05, 3.63) is 0 Å². The Morgan fingerprint density at radius 1 is 1.35 bits per heavy atom. The van der Waals surface area contributed by atoms with Crippen LogP contribution >= 0.6 is 0 Å². The molecule has 0 saturated heterocycles. The molecule has 2 N–H and O–H groups in total. The topological polar surface area (TPSA) is 83.5 Å². The summed E-state index contributed by atoms with van der Waals surface area (Å²) in [6.45, 7) is 2.19. The first-order valence-corrected chi connectivity index (χ1v) is 7.40. The Morgan fingerprint density at radius 3 is 2.59 bits per heavy atom. The third kappa shape index (κ3) is 4.11. The van der Waals surface area contributed by atoms with Crippen molar-refractivity contribution in [1.29, 1.82) is 0 Å². The summed E-state index contributed by atoms with van der Waals surface area (Å²) < 4.78 is 11.2. The Morgan fingerprint density at radius 2 is 2.00 bits per heavy atom. The van der Waals surface area contributed by atoms with Gasteiger partial charge in [0.1, 0.15) is 0 Å². The molecule has 1 saturated carbocycles. The number of amides is 1. The van der Waals surface area contributed by atoms with Crippen LogP contribution < -0.4 is 5.32 Å². The number of carboxylic acids is 1. The predicted molar refractivity (Wildman–Crippen MR) is 65.0 cm³/mol. The molecule has 0 aromatic rings.